The molecule has 25 heavy (non-hydrogen) atoms. The molecule has 0 atom stereocenters. The Bertz CT molecular complexity index is 789. The van der Waals surface area contributed by atoms with Crippen LogP contribution in [0.4, 0.5) is 0 Å². The number of hydrogen-bond acceptors (Lipinski definition) is 5. The maximum Gasteiger partial charge on any atom is 0.338 e. The molecule has 2 aromatic carbocycles. The fourth-order valence-corrected chi connectivity index (χ4v) is 2.73. The molecule has 1 aliphatic rings. The Morgan fingerprint density at radius 2 is 1.60 bits per heavy atom. The number of rotatable bonds is 4. The van der Waals surface area contributed by atoms with Crippen molar-refractivity contribution in [2.45, 2.75) is 20.3 Å². The number of aryl methyl sites for hydroxylation is 2. The lowest BCUT2D eigenvalue weighted by molar-refractivity contribution is 0.0474. The van der Waals surface area contributed by atoms with Crippen LogP contribution >= 0.6 is 0 Å². The van der Waals surface area contributed by atoms with E-state index in [0.717, 1.165) is 17.5 Å². The lowest BCUT2D eigenvalue weighted by Crippen LogP contribution is -2.14. The Balaban J connectivity index is 1.66. The predicted octanol–water partition coefficient (Wildman–Crippen LogP) is 3.50. The summed E-state index contributed by atoms with van der Waals surface area (Å²) < 4.78 is 16.3. The average molecular weight is 340 g/mol. The Morgan fingerprint density at radius 1 is 0.920 bits per heavy atom. The zero-order valence-electron chi connectivity index (χ0n) is 14.3. The monoisotopic (exact) mass is 340 g/mol. The molecule has 0 spiro atoms. The van der Waals surface area contributed by atoms with Crippen LogP contribution in [-0.2, 0) is 4.74 Å². The smallest absolute Gasteiger partial charge is 0.338 e. The van der Waals surface area contributed by atoms with Crippen molar-refractivity contribution in [3.63, 3.8) is 0 Å². The Kier molecular flexibility index (Phi) is 5.03. The van der Waals surface area contributed by atoms with Gasteiger partial charge >= 0.3 is 5.97 Å². The summed E-state index contributed by atoms with van der Waals surface area (Å²) in [6.07, 6.45) is 0.797. The molecule has 0 saturated carbocycles. The predicted molar refractivity (Wildman–Crippen MR) is 92.6 cm³/mol. The molecule has 130 valence electrons. The van der Waals surface area contributed by atoms with Crippen LogP contribution in [0, 0.1) is 13.8 Å². The van der Waals surface area contributed by atoms with Crippen LogP contribution in [0.1, 0.15) is 38.3 Å². The van der Waals surface area contributed by atoms with E-state index in [9.17, 15) is 9.59 Å². The summed E-state index contributed by atoms with van der Waals surface area (Å²) in [4.78, 5) is 24.5. The van der Waals surface area contributed by atoms with Crippen molar-refractivity contribution in [3.05, 3.63) is 58.7 Å². The number of benzene rings is 2. The number of ketones is 1. The molecule has 1 heterocycles. The van der Waals surface area contributed by atoms with E-state index < -0.39 is 5.97 Å². The second-order valence-electron chi connectivity index (χ2n) is 6.09. The first kappa shape index (κ1) is 17.0. The molecule has 5 heteroatoms. The zero-order valence-corrected chi connectivity index (χ0v) is 14.3. The van der Waals surface area contributed by atoms with E-state index in [1.807, 2.05) is 19.9 Å². The van der Waals surface area contributed by atoms with Crippen LogP contribution in [0.5, 0.6) is 11.5 Å². The van der Waals surface area contributed by atoms with Gasteiger partial charge in [0.2, 0.25) is 0 Å². The van der Waals surface area contributed by atoms with Crippen molar-refractivity contribution in [1.82, 2.24) is 0 Å². The summed E-state index contributed by atoms with van der Waals surface area (Å²) in [6, 6.07) is 10.5. The van der Waals surface area contributed by atoms with Gasteiger partial charge in [-0.25, -0.2) is 4.79 Å². The number of carbonyl (C=O) groups excluding carboxylic acids is 2. The summed E-state index contributed by atoms with van der Waals surface area (Å²) in [5.41, 5.74) is 2.82. The molecule has 0 unspecified atom stereocenters. The van der Waals surface area contributed by atoms with Crippen molar-refractivity contribution < 1.29 is 23.8 Å². The number of esters is 1. The zero-order chi connectivity index (χ0) is 17.8. The van der Waals surface area contributed by atoms with Crippen LogP contribution in [-0.4, -0.2) is 31.6 Å². The van der Waals surface area contributed by atoms with Crippen molar-refractivity contribution >= 4 is 11.8 Å². The topological polar surface area (TPSA) is 61.8 Å². The van der Waals surface area contributed by atoms with E-state index >= 15 is 0 Å². The molecule has 0 N–H and O–H groups in total. The van der Waals surface area contributed by atoms with Crippen LogP contribution in [0.3, 0.4) is 0 Å². The third kappa shape index (κ3) is 4.18. The van der Waals surface area contributed by atoms with Crippen molar-refractivity contribution in [2.75, 3.05) is 19.8 Å². The Labute approximate surface area is 146 Å². The van der Waals surface area contributed by atoms with Gasteiger partial charge < -0.3 is 14.2 Å². The normalized spacial score (nSPS) is 13.0. The highest BCUT2D eigenvalue weighted by atomic mass is 16.5. The van der Waals surface area contributed by atoms with E-state index in [4.69, 9.17) is 14.2 Å². The van der Waals surface area contributed by atoms with Crippen LogP contribution < -0.4 is 9.47 Å². The Morgan fingerprint density at radius 3 is 2.32 bits per heavy atom. The highest BCUT2D eigenvalue weighted by Gasteiger charge is 2.16. The van der Waals surface area contributed by atoms with Gasteiger partial charge in [-0.2, -0.15) is 0 Å². The summed E-state index contributed by atoms with van der Waals surface area (Å²) in [6.45, 7) is 4.64. The molecule has 0 amide bonds. The van der Waals surface area contributed by atoms with E-state index in [1.54, 1.807) is 30.3 Å². The van der Waals surface area contributed by atoms with Gasteiger partial charge in [-0.1, -0.05) is 17.2 Å². The number of hydrogen-bond donors (Lipinski definition) is 0. The standard InChI is InChI=1S/C20H20O5/c1-13-8-14(2)10-16(9-13)20(22)25-12-17(21)15-4-5-18-19(11-15)24-7-3-6-23-18/h4-5,8-11H,3,6-7,12H2,1-2H3. The number of Topliss-reactive ketones (excluding diaryl/α,β-unsaturated/α-hetero) is 1. The SMILES string of the molecule is Cc1cc(C)cc(C(=O)OCC(=O)c2ccc3c(c2)OCCCO3)c1. The summed E-state index contributed by atoms with van der Waals surface area (Å²) in [5.74, 6) is 0.383. The van der Waals surface area contributed by atoms with E-state index in [0.29, 0.717) is 35.8 Å². The van der Waals surface area contributed by atoms with Gasteiger partial charge in [0, 0.05) is 12.0 Å². The molecule has 0 aliphatic carbocycles. The number of ether oxygens (including phenoxy) is 3. The minimum atomic E-state index is -0.505. The molecule has 3 rings (SSSR count). The van der Waals surface area contributed by atoms with Gasteiger partial charge in [0.05, 0.1) is 18.8 Å². The lowest BCUT2D eigenvalue weighted by atomic mass is 10.1. The maximum atomic E-state index is 12.3. The van der Waals surface area contributed by atoms with Gasteiger partial charge in [0.1, 0.15) is 0 Å². The largest absolute Gasteiger partial charge is 0.490 e. The van der Waals surface area contributed by atoms with Gasteiger partial charge in [0.15, 0.2) is 23.9 Å². The summed E-state index contributed by atoms with van der Waals surface area (Å²) in [5, 5.41) is 0. The van der Waals surface area contributed by atoms with E-state index in [2.05, 4.69) is 0 Å². The fraction of sp³-hybridized carbons (Fsp3) is 0.300. The van der Waals surface area contributed by atoms with Crippen molar-refractivity contribution in [2.24, 2.45) is 0 Å². The average Bonchev–Trinajstić information content (AvgIpc) is 2.83. The third-order valence-electron chi connectivity index (χ3n) is 3.86. The lowest BCUT2D eigenvalue weighted by Gasteiger charge is -2.09. The molecule has 1 aliphatic heterocycles. The van der Waals surface area contributed by atoms with E-state index in [1.165, 1.54) is 0 Å². The second kappa shape index (κ2) is 7.38. The first-order chi connectivity index (χ1) is 12.0. The molecule has 0 saturated heterocycles. The molecule has 0 radical (unpaired) electrons. The quantitative estimate of drug-likeness (QED) is 0.630. The van der Waals surface area contributed by atoms with Crippen molar-refractivity contribution in [1.29, 1.82) is 0 Å². The molecular weight excluding hydrogens is 320 g/mol. The minimum absolute atomic E-state index is 0.284. The third-order valence-corrected chi connectivity index (χ3v) is 3.86. The molecule has 2 aromatic rings. The van der Waals surface area contributed by atoms with Crippen LogP contribution in [0.2, 0.25) is 0 Å². The molecular formula is C20H20O5. The van der Waals surface area contributed by atoms with Gasteiger partial charge in [-0.05, 0) is 44.2 Å². The van der Waals surface area contributed by atoms with Gasteiger partial charge in [-0.3, -0.25) is 4.79 Å². The van der Waals surface area contributed by atoms with Gasteiger partial charge in [-0.15, -0.1) is 0 Å². The first-order valence-electron chi connectivity index (χ1n) is 8.21. The molecule has 5 nitrogen and oxygen atoms in total. The first-order valence-corrected chi connectivity index (χ1v) is 8.21. The molecule has 0 aromatic heterocycles. The van der Waals surface area contributed by atoms with Crippen LogP contribution in [0.25, 0.3) is 0 Å². The number of fused-ring (bicyclic) bond motifs is 1. The maximum absolute atomic E-state index is 12.3. The van der Waals surface area contributed by atoms with E-state index in [-0.39, 0.29) is 12.4 Å². The highest BCUT2D eigenvalue weighted by molar-refractivity contribution is 5.99. The summed E-state index contributed by atoms with van der Waals surface area (Å²) >= 11 is 0. The Hall–Kier alpha value is -2.82. The van der Waals surface area contributed by atoms with Gasteiger partial charge in [0.25, 0.3) is 0 Å². The highest BCUT2D eigenvalue weighted by Crippen LogP contribution is 2.30. The minimum Gasteiger partial charge on any atom is -0.490 e. The second-order valence-corrected chi connectivity index (χ2v) is 6.09. The number of carbonyl (C=O) groups is 2. The van der Waals surface area contributed by atoms with Crippen molar-refractivity contribution in [3.8, 4) is 11.5 Å². The fourth-order valence-electron chi connectivity index (χ4n) is 2.73. The van der Waals surface area contributed by atoms with Crippen LogP contribution in [0.15, 0.2) is 36.4 Å². The molecule has 0 bridgehead atoms. The summed E-state index contributed by atoms with van der Waals surface area (Å²) in [7, 11) is 0. The molecule has 0 fully saturated rings.